The number of rotatable bonds is 4. The number of aliphatic hydroxyl groups is 2. The molecule has 0 radical (unpaired) electrons. The summed E-state index contributed by atoms with van der Waals surface area (Å²) in [5, 5.41) is 18.8. The lowest BCUT2D eigenvalue weighted by molar-refractivity contribution is 0.0325. The van der Waals surface area contributed by atoms with E-state index in [0.29, 0.717) is 11.3 Å². The third kappa shape index (κ3) is 2.99. The van der Waals surface area contributed by atoms with Crippen LogP contribution in [0.2, 0.25) is 0 Å². The number of Topliss-reactive ketones (excluding diaryl/α,β-unsaturated/α-hetero) is 1. The first-order valence-electron chi connectivity index (χ1n) is 4.45. The number of aliphatic hydroxyl groups excluding tert-OH is 2. The van der Waals surface area contributed by atoms with Crippen LogP contribution < -0.4 is 0 Å². The van der Waals surface area contributed by atoms with Gasteiger partial charge in [-0.15, -0.1) is 11.6 Å². The highest BCUT2D eigenvalue weighted by Crippen LogP contribution is 2.17. The van der Waals surface area contributed by atoms with Crippen molar-refractivity contribution in [1.29, 1.82) is 0 Å². The van der Waals surface area contributed by atoms with Crippen molar-refractivity contribution >= 4 is 17.4 Å². The molecule has 1 aromatic heterocycles. The number of carbonyl (C=O) groups excluding carboxylic acids is 1. The molecule has 0 amide bonds. The van der Waals surface area contributed by atoms with Gasteiger partial charge in [-0.1, -0.05) is 6.07 Å². The summed E-state index contributed by atoms with van der Waals surface area (Å²) in [6, 6.07) is 3.05. The third-order valence-corrected chi connectivity index (χ3v) is 2.33. The van der Waals surface area contributed by atoms with Crippen LogP contribution in [0.1, 0.15) is 29.1 Å². The lowest BCUT2D eigenvalue weighted by atomic mass is 10.1. The molecular weight excluding hydrogens is 218 g/mol. The number of hydrogen-bond acceptors (Lipinski definition) is 4. The Morgan fingerprint density at radius 1 is 1.53 bits per heavy atom. The Labute approximate surface area is 92.5 Å². The Bertz CT molecular complexity index is 339. The smallest absolute Gasteiger partial charge is 0.178 e. The molecule has 0 aliphatic rings. The van der Waals surface area contributed by atoms with E-state index in [9.17, 15) is 15.0 Å². The summed E-state index contributed by atoms with van der Waals surface area (Å²) in [7, 11) is 0. The molecule has 4 nitrogen and oxygen atoms in total. The van der Waals surface area contributed by atoms with Gasteiger partial charge in [-0.05, 0) is 6.07 Å². The number of hydrogen-bond donors (Lipinski definition) is 2. The van der Waals surface area contributed by atoms with Gasteiger partial charge in [0.1, 0.15) is 11.8 Å². The zero-order chi connectivity index (χ0) is 11.4. The SMILES string of the molecule is CC(=O)c1ccc(C(O)C(O)CCl)cn1. The fourth-order valence-corrected chi connectivity index (χ4v) is 1.26. The number of halogens is 1. The van der Waals surface area contributed by atoms with E-state index < -0.39 is 12.2 Å². The zero-order valence-corrected chi connectivity index (χ0v) is 8.98. The molecule has 1 rings (SSSR count). The Balaban J connectivity index is 2.84. The first kappa shape index (κ1) is 12.1. The number of alkyl halides is 1. The maximum atomic E-state index is 10.9. The Morgan fingerprint density at radius 3 is 2.60 bits per heavy atom. The van der Waals surface area contributed by atoms with E-state index >= 15 is 0 Å². The molecule has 15 heavy (non-hydrogen) atoms. The maximum absolute atomic E-state index is 10.9. The predicted molar refractivity (Wildman–Crippen MR) is 55.9 cm³/mol. The fourth-order valence-electron chi connectivity index (χ4n) is 1.10. The monoisotopic (exact) mass is 229 g/mol. The topological polar surface area (TPSA) is 70.4 Å². The lowest BCUT2D eigenvalue weighted by Crippen LogP contribution is -2.20. The van der Waals surface area contributed by atoms with Crippen LogP contribution in [0, 0.1) is 0 Å². The highest BCUT2D eigenvalue weighted by molar-refractivity contribution is 6.18. The van der Waals surface area contributed by atoms with Gasteiger partial charge in [0.2, 0.25) is 0 Å². The maximum Gasteiger partial charge on any atom is 0.178 e. The Morgan fingerprint density at radius 2 is 2.20 bits per heavy atom. The number of aromatic nitrogens is 1. The molecule has 82 valence electrons. The summed E-state index contributed by atoms with van der Waals surface area (Å²) in [5.41, 5.74) is 0.763. The molecule has 0 fully saturated rings. The first-order valence-corrected chi connectivity index (χ1v) is 4.98. The first-order chi connectivity index (χ1) is 7.06. The molecule has 5 heteroatoms. The molecule has 2 unspecified atom stereocenters. The number of pyridine rings is 1. The Kier molecular flexibility index (Phi) is 4.20. The second-order valence-corrected chi connectivity index (χ2v) is 3.51. The van der Waals surface area contributed by atoms with Crippen molar-refractivity contribution in [3.8, 4) is 0 Å². The summed E-state index contributed by atoms with van der Waals surface area (Å²) < 4.78 is 0. The van der Waals surface area contributed by atoms with Crippen LogP contribution in [0.3, 0.4) is 0 Å². The molecule has 0 saturated heterocycles. The van der Waals surface area contributed by atoms with E-state index in [-0.39, 0.29) is 11.7 Å². The predicted octanol–water partition coefficient (Wildman–Crippen LogP) is 0.917. The normalized spacial score (nSPS) is 14.7. The van der Waals surface area contributed by atoms with Crippen LogP contribution in [-0.2, 0) is 0 Å². The molecule has 2 atom stereocenters. The molecule has 0 aliphatic heterocycles. The molecular formula is C10H12ClNO3. The molecule has 0 aromatic carbocycles. The summed E-state index contributed by atoms with van der Waals surface area (Å²) in [6.07, 6.45) is -0.746. The molecule has 2 N–H and O–H groups in total. The van der Waals surface area contributed by atoms with Gasteiger partial charge in [-0.2, -0.15) is 0 Å². The van der Waals surface area contributed by atoms with Crippen LogP contribution in [0.15, 0.2) is 18.3 Å². The molecule has 0 spiro atoms. The van der Waals surface area contributed by atoms with Crippen LogP contribution in [-0.4, -0.2) is 33.0 Å². The molecule has 0 bridgehead atoms. The second kappa shape index (κ2) is 5.21. The quantitative estimate of drug-likeness (QED) is 0.595. The largest absolute Gasteiger partial charge is 0.389 e. The van der Waals surface area contributed by atoms with E-state index in [0.717, 1.165) is 0 Å². The minimum absolute atomic E-state index is 0.0599. The zero-order valence-electron chi connectivity index (χ0n) is 8.22. The van der Waals surface area contributed by atoms with E-state index in [4.69, 9.17) is 11.6 Å². The number of ketones is 1. The van der Waals surface area contributed by atoms with Crippen LogP contribution in [0.5, 0.6) is 0 Å². The highest BCUT2D eigenvalue weighted by Gasteiger charge is 2.17. The second-order valence-electron chi connectivity index (χ2n) is 3.20. The van der Waals surface area contributed by atoms with Gasteiger partial charge in [-0.3, -0.25) is 9.78 Å². The average molecular weight is 230 g/mol. The van der Waals surface area contributed by atoms with Crippen LogP contribution in [0.4, 0.5) is 0 Å². The van der Waals surface area contributed by atoms with E-state index in [1.54, 1.807) is 6.07 Å². The molecule has 0 saturated carbocycles. The van der Waals surface area contributed by atoms with Crippen molar-refractivity contribution < 1.29 is 15.0 Å². The van der Waals surface area contributed by atoms with E-state index in [1.807, 2.05) is 0 Å². The van der Waals surface area contributed by atoms with Gasteiger partial charge < -0.3 is 10.2 Å². The van der Waals surface area contributed by atoms with Gasteiger partial charge in [0, 0.05) is 18.7 Å². The minimum Gasteiger partial charge on any atom is -0.389 e. The van der Waals surface area contributed by atoms with E-state index in [2.05, 4.69) is 4.98 Å². The van der Waals surface area contributed by atoms with Gasteiger partial charge in [-0.25, -0.2) is 0 Å². The van der Waals surface area contributed by atoms with Crippen molar-refractivity contribution in [2.45, 2.75) is 19.1 Å². The van der Waals surface area contributed by atoms with E-state index in [1.165, 1.54) is 19.2 Å². The van der Waals surface area contributed by atoms with Gasteiger partial charge in [0.05, 0.1) is 12.0 Å². The fraction of sp³-hybridized carbons (Fsp3) is 0.400. The van der Waals surface area contributed by atoms with Gasteiger partial charge in [0.15, 0.2) is 5.78 Å². The van der Waals surface area contributed by atoms with Crippen molar-refractivity contribution in [2.24, 2.45) is 0 Å². The van der Waals surface area contributed by atoms with Crippen LogP contribution >= 0.6 is 11.6 Å². The standard InChI is InChI=1S/C10H12ClNO3/c1-6(13)8-3-2-7(5-12-8)10(15)9(14)4-11/h2-3,5,9-10,14-15H,4H2,1H3. The molecule has 0 aliphatic carbocycles. The van der Waals surface area contributed by atoms with Crippen molar-refractivity contribution in [2.75, 3.05) is 5.88 Å². The summed E-state index contributed by atoms with van der Waals surface area (Å²) in [4.78, 5) is 14.8. The average Bonchev–Trinajstić information content (AvgIpc) is 2.27. The van der Waals surface area contributed by atoms with Crippen LogP contribution in [0.25, 0.3) is 0 Å². The highest BCUT2D eigenvalue weighted by atomic mass is 35.5. The number of carbonyl (C=O) groups is 1. The van der Waals surface area contributed by atoms with Crippen molar-refractivity contribution in [3.63, 3.8) is 0 Å². The van der Waals surface area contributed by atoms with Crippen molar-refractivity contribution in [3.05, 3.63) is 29.6 Å². The Hall–Kier alpha value is -0.970. The summed E-state index contributed by atoms with van der Waals surface area (Å²) in [6.45, 7) is 1.41. The minimum atomic E-state index is -1.07. The molecule has 1 aromatic rings. The van der Waals surface area contributed by atoms with Gasteiger partial charge >= 0.3 is 0 Å². The van der Waals surface area contributed by atoms with Gasteiger partial charge in [0.25, 0.3) is 0 Å². The third-order valence-electron chi connectivity index (χ3n) is 2.01. The molecule has 1 heterocycles. The summed E-state index contributed by atoms with van der Waals surface area (Å²) >= 11 is 5.39. The lowest BCUT2D eigenvalue weighted by Gasteiger charge is -2.15. The van der Waals surface area contributed by atoms with Crippen molar-refractivity contribution in [1.82, 2.24) is 4.98 Å². The summed E-state index contributed by atoms with van der Waals surface area (Å²) in [5.74, 6) is -0.204. The number of nitrogens with zero attached hydrogens (tertiary/aromatic N) is 1.